The number of nitrogens with one attached hydrogen (secondary N) is 1. The molecule has 17 heavy (non-hydrogen) atoms. The van der Waals surface area contributed by atoms with Crippen LogP contribution in [0.15, 0.2) is 0 Å². The number of likely N-dealkylation sites (N-methyl/N-ethyl adjacent to an activating group) is 1. The molecule has 100 valence electrons. The summed E-state index contributed by atoms with van der Waals surface area (Å²) in [7, 11) is 3.64. The highest BCUT2D eigenvalue weighted by molar-refractivity contribution is 5.78. The van der Waals surface area contributed by atoms with Crippen molar-refractivity contribution >= 4 is 11.9 Å². The van der Waals surface area contributed by atoms with Gasteiger partial charge in [0.05, 0.1) is 6.54 Å². The highest BCUT2D eigenvalue weighted by Gasteiger charge is 2.16. The average Bonchev–Trinajstić information content (AvgIpc) is 2.11. The number of nitrogens with zero attached hydrogens (tertiary/aromatic N) is 1. The zero-order valence-electron chi connectivity index (χ0n) is 11.2. The quantitative estimate of drug-likeness (QED) is 0.662. The van der Waals surface area contributed by atoms with E-state index in [0.717, 1.165) is 6.42 Å². The summed E-state index contributed by atoms with van der Waals surface area (Å²) in [6.07, 6.45) is 0.926. The lowest BCUT2D eigenvalue weighted by Crippen LogP contribution is -2.36. The maximum absolute atomic E-state index is 11.4. The van der Waals surface area contributed by atoms with Crippen molar-refractivity contribution in [3.05, 3.63) is 0 Å². The van der Waals surface area contributed by atoms with E-state index in [9.17, 15) is 9.59 Å². The van der Waals surface area contributed by atoms with Crippen LogP contribution in [-0.2, 0) is 9.59 Å². The molecule has 0 bridgehead atoms. The normalized spacial score (nSPS) is 12.8. The van der Waals surface area contributed by atoms with Crippen LogP contribution in [0.1, 0.15) is 26.7 Å². The average molecular weight is 244 g/mol. The standard InChI is InChI=1S/C12H24N2O3/c1-9(2)5-10(6-12(16)17)7-13-11(15)8-14(3)4/h9-10H,5-8H2,1-4H3,(H,13,15)(H,16,17)/t10-/m0/s1. The second-order valence-corrected chi connectivity index (χ2v) is 5.14. The molecular formula is C12H24N2O3. The number of amides is 1. The number of carboxylic acid groups (broad SMARTS) is 1. The molecule has 0 saturated heterocycles. The van der Waals surface area contributed by atoms with E-state index in [1.165, 1.54) is 0 Å². The molecule has 0 rings (SSSR count). The number of hydrogen-bond donors (Lipinski definition) is 2. The van der Waals surface area contributed by atoms with Crippen molar-refractivity contribution in [2.45, 2.75) is 26.7 Å². The fourth-order valence-corrected chi connectivity index (χ4v) is 1.75. The van der Waals surface area contributed by atoms with E-state index in [0.29, 0.717) is 19.0 Å². The summed E-state index contributed by atoms with van der Waals surface area (Å²) in [6.45, 7) is 4.88. The molecule has 1 atom stereocenters. The number of carbonyl (C=O) groups is 2. The van der Waals surface area contributed by atoms with Crippen molar-refractivity contribution in [3.8, 4) is 0 Å². The van der Waals surface area contributed by atoms with Crippen LogP contribution in [-0.4, -0.2) is 49.1 Å². The molecule has 5 nitrogen and oxygen atoms in total. The molecule has 0 spiro atoms. The molecule has 5 heteroatoms. The summed E-state index contributed by atoms with van der Waals surface area (Å²) >= 11 is 0. The Hall–Kier alpha value is -1.10. The van der Waals surface area contributed by atoms with E-state index in [4.69, 9.17) is 5.11 Å². The first-order valence-corrected chi connectivity index (χ1v) is 5.94. The Bertz CT molecular complexity index is 252. The van der Waals surface area contributed by atoms with Crippen LogP contribution in [0.4, 0.5) is 0 Å². The highest BCUT2D eigenvalue weighted by atomic mass is 16.4. The number of carboxylic acids is 1. The molecule has 0 heterocycles. The van der Waals surface area contributed by atoms with Gasteiger partial charge in [-0.1, -0.05) is 13.8 Å². The van der Waals surface area contributed by atoms with Crippen LogP contribution in [0, 0.1) is 11.8 Å². The third kappa shape index (κ3) is 9.81. The zero-order chi connectivity index (χ0) is 13.4. The van der Waals surface area contributed by atoms with Crippen LogP contribution >= 0.6 is 0 Å². The molecule has 0 aliphatic heterocycles. The van der Waals surface area contributed by atoms with Crippen molar-refractivity contribution in [2.75, 3.05) is 27.2 Å². The Morgan fingerprint density at radius 3 is 2.29 bits per heavy atom. The first-order valence-electron chi connectivity index (χ1n) is 5.94. The molecule has 0 saturated carbocycles. The minimum absolute atomic E-state index is 0.0126. The number of hydrogen-bond acceptors (Lipinski definition) is 3. The van der Waals surface area contributed by atoms with E-state index < -0.39 is 5.97 Å². The van der Waals surface area contributed by atoms with E-state index >= 15 is 0 Å². The van der Waals surface area contributed by atoms with E-state index in [1.807, 2.05) is 14.1 Å². The van der Waals surface area contributed by atoms with Crippen LogP contribution in [0.2, 0.25) is 0 Å². The molecule has 0 aromatic carbocycles. The molecule has 0 aliphatic carbocycles. The van der Waals surface area contributed by atoms with Gasteiger partial charge in [0.15, 0.2) is 0 Å². The molecular weight excluding hydrogens is 220 g/mol. The summed E-state index contributed by atoms with van der Waals surface area (Å²) in [4.78, 5) is 23.9. The maximum Gasteiger partial charge on any atom is 0.303 e. The molecule has 2 N–H and O–H groups in total. The van der Waals surface area contributed by atoms with Crippen molar-refractivity contribution in [1.29, 1.82) is 0 Å². The van der Waals surface area contributed by atoms with Crippen LogP contribution in [0.25, 0.3) is 0 Å². The third-order valence-electron chi connectivity index (χ3n) is 2.32. The molecule has 0 unspecified atom stereocenters. The Labute approximate surface area is 103 Å². The van der Waals surface area contributed by atoms with Gasteiger partial charge < -0.3 is 15.3 Å². The number of carbonyl (C=O) groups excluding carboxylic acids is 1. The summed E-state index contributed by atoms with van der Waals surface area (Å²) in [5.41, 5.74) is 0. The third-order valence-corrected chi connectivity index (χ3v) is 2.32. The molecule has 1 amide bonds. The number of rotatable bonds is 8. The monoisotopic (exact) mass is 244 g/mol. The molecule has 0 aliphatic rings. The van der Waals surface area contributed by atoms with E-state index in [2.05, 4.69) is 19.2 Å². The van der Waals surface area contributed by atoms with Crippen molar-refractivity contribution < 1.29 is 14.7 Å². The lowest BCUT2D eigenvalue weighted by molar-refractivity contribution is -0.138. The Morgan fingerprint density at radius 1 is 1.29 bits per heavy atom. The van der Waals surface area contributed by atoms with Gasteiger partial charge in [0.25, 0.3) is 0 Å². The van der Waals surface area contributed by atoms with Crippen LogP contribution in [0.3, 0.4) is 0 Å². The Kier molecular flexibility index (Phi) is 7.54. The second kappa shape index (κ2) is 8.06. The van der Waals surface area contributed by atoms with Crippen LogP contribution < -0.4 is 5.32 Å². The molecule has 0 radical (unpaired) electrons. The molecule has 0 aromatic rings. The van der Waals surface area contributed by atoms with Gasteiger partial charge in [-0.05, 0) is 32.4 Å². The van der Waals surface area contributed by atoms with E-state index in [1.54, 1.807) is 4.90 Å². The smallest absolute Gasteiger partial charge is 0.303 e. The lowest BCUT2D eigenvalue weighted by atomic mass is 9.94. The second-order valence-electron chi connectivity index (χ2n) is 5.14. The van der Waals surface area contributed by atoms with E-state index in [-0.39, 0.29) is 18.2 Å². The fraction of sp³-hybridized carbons (Fsp3) is 0.833. The summed E-state index contributed by atoms with van der Waals surface area (Å²) in [5.74, 6) is -0.421. The number of aliphatic carboxylic acids is 1. The first kappa shape index (κ1) is 15.9. The van der Waals surface area contributed by atoms with Crippen molar-refractivity contribution in [1.82, 2.24) is 10.2 Å². The topological polar surface area (TPSA) is 69.6 Å². The van der Waals surface area contributed by atoms with Gasteiger partial charge in [-0.3, -0.25) is 9.59 Å². The largest absolute Gasteiger partial charge is 0.481 e. The van der Waals surface area contributed by atoms with Crippen molar-refractivity contribution in [2.24, 2.45) is 11.8 Å². The van der Waals surface area contributed by atoms with Gasteiger partial charge in [0, 0.05) is 13.0 Å². The fourth-order valence-electron chi connectivity index (χ4n) is 1.75. The Morgan fingerprint density at radius 2 is 1.88 bits per heavy atom. The summed E-state index contributed by atoms with van der Waals surface area (Å²) < 4.78 is 0. The predicted octanol–water partition coefficient (Wildman–Crippen LogP) is 0.801. The predicted molar refractivity (Wildman–Crippen MR) is 66.8 cm³/mol. The van der Waals surface area contributed by atoms with Gasteiger partial charge in [-0.2, -0.15) is 0 Å². The van der Waals surface area contributed by atoms with Crippen molar-refractivity contribution in [3.63, 3.8) is 0 Å². The van der Waals surface area contributed by atoms with Gasteiger partial charge >= 0.3 is 5.97 Å². The van der Waals surface area contributed by atoms with Crippen LogP contribution in [0.5, 0.6) is 0 Å². The Balaban J connectivity index is 4.06. The first-order chi connectivity index (χ1) is 7.81. The van der Waals surface area contributed by atoms with Gasteiger partial charge in [-0.15, -0.1) is 0 Å². The maximum atomic E-state index is 11.4. The SMILES string of the molecule is CC(C)C[C@H](CNC(=O)CN(C)C)CC(=O)O. The minimum Gasteiger partial charge on any atom is -0.481 e. The summed E-state index contributed by atoms with van der Waals surface area (Å²) in [6, 6.07) is 0. The van der Waals surface area contributed by atoms with Gasteiger partial charge in [0.2, 0.25) is 5.91 Å². The minimum atomic E-state index is -0.808. The zero-order valence-corrected chi connectivity index (χ0v) is 11.2. The molecule has 0 aromatic heterocycles. The lowest BCUT2D eigenvalue weighted by Gasteiger charge is -2.18. The highest BCUT2D eigenvalue weighted by Crippen LogP contribution is 2.14. The molecule has 0 fully saturated rings. The van der Waals surface area contributed by atoms with Gasteiger partial charge in [0.1, 0.15) is 0 Å². The van der Waals surface area contributed by atoms with Gasteiger partial charge in [-0.25, -0.2) is 0 Å². The summed E-state index contributed by atoms with van der Waals surface area (Å²) in [5, 5.41) is 11.6.